The zero-order valence-corrected chi connectivity index (χ0v) is 9.26. The predicted octanol–water partition coefficient (Wildman–Crippen LogP) is 3.13. The maximum absolute atomic E-state index is 13.8. The summed E-state index contributed by atoms with van der Waals surface area (Å²) in [4.78, 5) is 1.72. The summed E-state index contributed by atoms with van der Waals surface area (Å²) in [5.41, 5.74) is 0.865. The Balaban J connectivity index is 2.18. The lowest BCUT2D eigenvalue weighted by molar-refractivity contribution is -0.193. The van der Waals surface area contributed by atoms with Crippen molar-refractivity contribution in [3.8, 4) is 0 Å². The Labute approximate surface area is 92.1 Å². The predicted molar refractivity (Wildman–Crippen MR) is 52.5 cm³/mol. The minimum Gasteiger partial charge on any atom is -0.374 e. The lowest BCUT2D eigenvalue weighted by Crippen LogP contribution is -2.46. The molecule has 1 aliphatic carbocycles. The molecule has 92 valence electrons. The third kappa shape index (κ3) is 1.80. The van der Waals surface area contributed by atoms with E-state index >= 15 is 0 Å². The summed E-state index contributed by atoms with van der Waals surface area (Å²) in [6, 6.07) is -0.390. The van der Waals surface area contributed by atoms with Gasteiger partial charge in [0.05, 0.1) is 12.0 Å². The highest BCUT2D eigenvalue weighted by Gasteiger charge is 2.51. The summed E-state index contributed by atoms with van der Waals surface area (Å²) < 4.78 is 51.6. The average molecular weight is 237 g/mol. The molecule has 5 heteroatoms. The summed E-state index contributed by atoms with van der Waals surface area (Å²) in [7, 11) is 1.73. The molecule has 0 bridgehead atoms. The third-order valence-electron chi connectivity index (χ3n) is 3.76. The van der Waals surface area contributed by atoms with Gasteiger partial charge in [-0.15, -0.1) is 0 Å². The van der Waals surface area contributed by atoms with Crippen molar-refractivity contribution >= 4 is 0 Å². The fourth-order valence-electron chi connectivity index (χ4n) is 2.97. The Hall–Kier alpha value is -0.740. The van der Waals surface area contributed by atoms with Gasteiger partial charge >= 0.3 is 6.18 Å². The van der Waals surface area contributed by atoms with Gasteiger partial charge in [-0.05, 0) is 26.0 Å². The van der Waals surface area contributed by atoms with Crippen molar-refractivity contribution in [2.45, 2.75) is 38.2 Å². The molecule has 1 fully saturated rings. The molecule has 1 saturated carbocycles. The first-order valence-corrected chi connectivity index (χ1v) is 5.41. The Bertz CT molecular complexity index is 310. The molecule has 0 aromatic rings. The summed E-state index contributed by atoms with van der Waals surface area (Å²) >= 11 is 0. The molecule has 1 aliphatic heterocycles. The number of hydrogen-bond donors (Lipinski definition) is 0. The topological polar surface area (TPSA) is 3.24 Å². The van der Waals surface area contributed by atoms with Crippen molar-refractivity contribution in [1.29, 1.82) is 0 Å². The second-order valence-corrected chi connectivity index (χ2v) is 4.86. The quantitative estimate of drug-likeness (QED) is 0.585. The second kappa shape index (κ2) is 3.64. The number of alkyl halides is 4. The van der Waals surface area contributed by atoms with Gasteiger partial charge in [0.25, 0.3) is 0 Å². The largest absolute Gasteiger partial charge is 0.391 e. The molecule has 4 atom stereocenters. The van der Waals surface area contributed by atoms with Crippen LogP contribution >= 0.6 is 0 Å². The molecule has 2 rings (SSSR count). The molecule has 0 saturated heterocycles. The van der Waals surface area contributed by atoms with Crippen molar-refractivity contribution in [1.82, 2.24) is 4.90 Å². The number of nitrogens with zero attached hydrogens (tertiary/aromatic N) is 1. The SMILES string of the molecule is CC1=CN(C)C2C(F)CC(C(F)(F)F)CC12. The van der Waals surface area contributed by atoms with Crippen molar-refractivity contribution in [3.05, 3.63) is 11.8 Å². The first kappa shape index (κ1) is 11.7. The number of halogens is 4. The van der Waals surface area contributed by atoms with Crippen molar-refractivity contribution in [2.24, 2.45) is 11.8 Å². The molecule has 0 spiro atoms. The van der Waals surface area contributed by atoms with Crippen LogP contribution in [0.25, 0.3) is 0 Å². The Morgan fingerprint density at radius 1 is 1.31 bits per heavy atom. The van der Waals surface area contributed by atoms with Gasteiger partial charge in [0.2, 0.25) is 0 Å². The Kier molecular flexibility index (Phi) is 2.67. The van der Waals surface area contributed by atoms with Crippen LogP contribution in [0, 0.1) is 11.8 Å². The normalized spacial score (nSPS) is 39.6. The molecule has 0 aromatic carbocycles. The van der Waals surface area contributed by atoms with Gasteiger partial charge in [0, 0.05) is 13.0 Å². The van der Waals surface area contributed by atoms with Crippen LogP contribution in [-0.4, -0.2) is 30.3 Å². The van der Waals surface area contributed by atoms with E-state index in [-0.39, 0.29) is 12.3 Å². The average Bonchev–Trinajstić information content (AvgIpc) is 2.41. The second-order valence-electron chi connectivity index (χ2n) is 4.86. The van der Waals surface area contributed by atoms with Crippen molar-refractivity contribution in [3.63, 3.8) is 0 Å². The third-order valence-corrected chi connectivity index (χ3v) is 3.76. The molecule has 0 N–H and O–H groups in total. The van der Waals surface area contributed by atoms with Gasteiger partial charge in [-0.3, -0.25) is 0 Å². The molecule has 16 heavy (non-hydrogen) atoms. The number of hydrogen-bond acceptors (Lipinski definition) is 1. The molecule has 0 amide bonds. The van der Waals surface area contributed by atoms with Crippen LogP contribution in [0.15, 0.2) is 11.8 Å². The van der Waals surface area contributed by atoms with E-state index in [0.29, 0.717) is 0 Å². The smallest absolute Gasteiger partial charge is 0.374 e. The first-order chi connectivity index (χ1) is 7.30. The monoisotopic (exact) mass is 237 g/mol. The van der Waals surface area contributed by atoms with Gasteiger partial charge in [0.1, 0.15) is 6.17 Å². The summed E-state index contributed by atoms with van der Waals surface area (Å²) in [5, 5.41) is 0. The summed E-state index contributed by atoms with van der Waals surface area (Å²) in [6.45, 7) is 1.78. The summed E-state index contributed by atoms with van der Waals surface area (Å²) in [5.74, 6) is -1.76. The Morgan fingerprint density at radius 3 is 2.50 bits per heavy atom. The van der Waals surface area contributed by atoms with Crippen molar-refractivity contribution in [2.75, 3.05) is 7.05 Å². The highest BCUT2D eigenvalue weighted by atomic mass is 19.4. The molecule has 4 unspecified atom stereocenters. The molecule has 1 nitrogen and oxygen atoms in total. The van der Waals surface area contributed by atoms with Gasteiger partial charge in [0.15, 0.2) is 0 Å². The highest BCUT2D eigenvalue weighted by Crippen LogP contribution is 2.46. The molecule has 0 aromatic heterocycles. The van der Waals surface area contributed by atoms with Crippen LogP contribution in [0.3, 0.4) is 0 Å². The molecule has 0 radical (unpaired) electrons. The minimum atomic E-state index is -4.27. The Morgan fingerprint density at radius 2 is 1.94 bits per heavy atom. The highest BCUT2D eigenvalue weighted by molar-refractivity contribution is 5.18. The number of rotatable bonds is 0. The fourth-order valence-corrected chi connectivity index (χ4v) is 2.97. The van der Waals surface area contributed by atoms with E-state index < -0.39 is 30.7 Å². The first-order valence-electron chi connectivity index (χ1n) is 5.41. The van der Waals surface area contributed by atoms with E-state index in [1.165, 1.54) is 0 Å². The van der Waals surface area contributed by atoms with Crippen LogP contribution in [0.4, 0.5) is 17.6 Å². The van der Waals surface area contributed by atoms with E-state index in [9.17, 15) is 17.6 Å². The van der Waals surface area contributed by atoms with Gasteiger partial charge < -0.3 is 4.90 Å². The van der Waals surface area contributed by atoms with E-state index in [1.807, 2.05) is 0 Å². The molecule has 1 heterocycles. The molecular formula is C11H15F4N. The standard InChI is InChI=1S/C11H15F4N/c1-6-5-16(2)10-8(6)3-7(4-9(10)12)11(13,14)15/h5,7-10H,3-4H2,1-2H3. The fraction of sp³-hybridized carbons (Fsp3) is 0.818. The van der Waals surface area contributed by atoms with Crippen LogP contribution in [0.2, 0.25) is 0 Å². The van der Waals surface area contributed by atoms with Gasteiger partial charge in [-0.1, -0.05) is 5.57 Å². The summed E-state index contributed by atoms with van der Waals surface area (Å²) in [6.07, 6.45) is -4.25. The van der Waals surface area contributed by atoms with Crippen molar-refractivity contribution < 1.29 is 17.6 Å². The minimum absolute atomic E-state index is 0.0290. The maximum atomic E-state index is 13.8. The molecule has 2 aliphatic rings. The van der Waals surface area contributed by atoms with Crippen LogP contribution in [0.5, 0.6) is 0 Å². The van der Waals surface area contributed by atoms with Gasteiger partial charge in [-0.25, -0.2) is 4.39 Å². The van der Waals surface area contributed by atoms with E-state index in [1.54, 1.807) is 25.1 Å². The van der Waals surface area contributed by atoms with Gasteiger partial charge in [-0.2, -0.15) is 13.2 Å². The lowest BCUT2D eigenvalue weighted by Gasteiger charge is -2.39. The van der Waals surface area contributed by atoms with Crippen LogP contribution < -0.4 is 0 Å². The molecular weight excluding hydrogens is 222 g/mol. The lowest BCUT2D eigenvalue weighted by atomic mass is 9.75. The zero-order valence-electron chi connectivity index (χ0n) is 9.26. The van der Waals surface area contributed by atoms with Crippen LogP contribution in [-0.2, 0) is 0 Å². The van der Waals surface area contributed by atoms with E-state index in [4.69, 9.17) is 0 Å². The van der Waals surface area contributed by atoms with E-state index in [2.05, 4.69) is 0 Å². The van der Waals surface area contributed by atoms with Crippen LogP contribution in [0.1, 0.15) is 19.8 Å². The van der Waals surface area contributed by atoms with E-state index in [0.717, 1.165) is 5.57 Å². The maximum Gasteiger partial charge on any atom is 0.391 e. The zero-order chi connectivity index (χ0) is 12.1. The number of fused-ring (bicyclic) bond motifs is 1.